The van der Waals surface area contributed by atoms with Crippen LogP contribution in [-0.4, -0.2) is 25.5 Å². The standard InChI is InChI=1S/C19H15N5O/c25-19(16-9-10-18-22-21-14-23(18)13-16)24(17-8-4-5-11-20-17)12-15-6-2-1-3-7-15/h1-11,13-14H,12H2. The van der Waals surface area contributed by atoms with Crippen molar-refractivity contribution < 1.29 is 4.79 Å². The first kappa shape index (κ1) is 15.0. The number of amides is 1. The van der Waals surface area contributed by atoms with Gasteiger partial charge in [0.1, 0.15) is 12.1 Å². The Morgan fingerprint density at radius 2 is 1.84 bits per heavy atom. The number of hydrogen-bond donors (Lipinski definition) is 0. The summed E-state index contributed by atoms with van der Waals surface area (Å²) in [4.78, 5) is 19.2. The second-order valence-corrected chi connectivity index (χ2v) is 5.58. The third-order valence-corrected chi connectivity index (χ3v) is 3.89. The number of anilines is 1. The van der Waals surface area contributed by atoms with Gasteiger partial charge in [-0.2, -0.15) is 0 Å². The molecule has 0 fully saturated rings. The molecule has 0 aliphatic heterocycles. The maximum Gasteiger partial charge on any atom is 0.261 e. The molecule has 0 unspecified atom stereocenters. The van der Waals surface area contributed by atoms with Gasteiger partial charge in [0.2, 0.25) is 0 Å². The molecule has 0 atom stereocenters. The molecule has 122 valence electrons. The lowest BCUT2D eigenvalue weighted by molar-refractivity contribution is 0.0984. The van der Waals surface area contributed by atoms with Crippen LogP contribution in [0.1, 0.15) is 15.9 Å². The largest absolute Gasteiger partial charge is 0.288 e. The van der Waals surface area contributed by atoms with Crippen molar-refractivity contribution in [2.75, 3.05) is 4.90 Å². The van der Waals surface area contributed by atoms with E-state index in [4.69, 9.17) is 0 Å². The second kappa shape index (κ2) is 6.52. The summed E-state index contributed by atoms with van der Waals surface area (Å²) in [6.07, 6.45) is 5.00. The quantitative estimate of drug-likeness (QED) is 0.577. The first-order chi connectivity index (χ1) is 12.3. The molecule has 0 bridgehead atoms. The van der Waals surface area contributed by atoms with Crippen LogP contribution in [0.3, 0.4) is 0 Å². The lowest BCUT2D eigenvalue weighted by Gasteiger charge is -2.22. The summed E-state index contributed by atoms with van der Waals surface area (Å²) >= 11 is 0. The normalized spacial score (nSPS) is 10.7. The predicted octanol–water partition coefficient (Wildman–Crippen LogP) is 2.97. The molecule has 25 heavy (non-hydrogen) atoms. The highest BCUT2D eigenvalue weighted by molar-refractivity contribution is 6.05. The predicted molar refractivity (Wildman–Crippen MR) is 94.2 cm³/mol. The van der Waals surface area contributed by atoms with Gasteiger partial charge < -0.3 is 0 Å². The summed E-state index contributed by atoms with van der Waals surface area (Å²) in [6.45, 7) is 0.441. The molecule has 3 heterocycles. The molecule has 4 rings (SSSR count). The van der Waals surface area contributed by atoms with Crippen molar-refractivity contribution in [2.24, 2.45) is 0 Å². The Labute approximate surface area is 144 Å². The highest BCUT2D eigenvalue weighted by Crippen LogP contribution is 2.18. The van der Waals surface area contributed by atoms with E-state index < -0.39 is 0 Å². The Bertz CT molecular complexity index is 998. The number of hydrogen-bond acceptors (Lipinski definition) is 4. The van der Waals surface area contributed by atoms with Gasteiger partial charge in [0.25, 0.3) is 5.91 Å². The summed E-state index contributed by atoms with van der Waals surface area (Å²) in [5, 5.41) is 7.81. The fourth-order valence-electron chi connectivity index (χ4n) is 2.65. The van der Waals surface area contributed by atoms with Gasteiger partial charge in [-0.05, 0) is 29.8 Å². The molecular weight excluding hydrogens is 314 g/mol. The first-order valence-electron chi connectivity index (χ1n) is 7.87. The summed E-state index contributed by atoms with van der Waals surface area (Å²) in [7, 11) is 0. The zero-order chi connectivity index (χ0) is 17.1. The molecular formula is C19H15N5O. The molecule has 1 amide bonds. The Morgan fingerprint density at radius 3 is 2.64 bits per heavy atom. The van der Waals surface area contributed by atoms with E-state index in [9.17, 15) is 4.79 Å². The van der Waals surface area contributed by atoms with Crippen molar-refractivity contribution in [3.8, 4) is 0 Å². The van der Waals surface area contributed by atoms with Crippen LogP contribution in [0.25, 0.3) is 5.65 Å². The number of carbonyl (C=O) groups excluding carboxylic acids is 1. The van der Waals surface area contributed by atoms with Crippen LogP contribution in [0.4, 0.5) is 5.82 Å². The third-order valence-electron chi connectivity index (χ3n) is 3.89. The SMILES string of the molecule is O=C(c1ccc2nncn2c1)N(Cc1ccccc1)c1ccccn1. The Hall–Kier alpha value is -3.54. The van der Waals surface area contributed by atoms with Crippen molar-refractivity contribution in [1.82, 2.24) is 19.6 Å². The van der Waals surface area contributed by atoms with E-state index in [-0.39, 0.29) is 5.91 Å². The minimum absolute atomic E-state index is 0.127. The number of nitrogens with zero attached hydrogens (tertiary/aromatic N) is 5. The van der Waals surface area contributed by atoms with E-state index >= 15 is 0 Å². The molecule has 6 nitrogen and oxygen atoms in total. The molecule has 3 aromatic heterocycles. The topological polar surface area (TPSA) is 63.4 Å². The van der Waals surface area contributed by atoms with Crippen molar-refractivity contribution in [2.45, 2.75) is 6.54 Å². The van der Waals surface area contributed by atoms with Crippen LogP contribution in [0.15, 0.2) is 79.4 Å². The molecule has 4 aromatic rings. The maximum atomic E-state index is 13.1. The van der Waals surface area contributed by atoms with Crippen molar-refractivity contribution in [3.05, 3.63) is 90.5 Å². The smallest absolute Gasteiger partial charge is 0.261 e. The van der Waals surface area contributed by atoms with Gasteiger partial charge in [-0.25, -0.2) is 4.98 Å². The average molecular weight is 329 g/mol. The van der Waals surface area contributed by atoms with Gasteiger partial charge in [-0.15, -0.1) is 10.2 Å². The van der Waals surface area contributed by atoms with E-state index in [0.29, 0.717) is 23.6 Å². The summed E-state index contributed by atoms with van der Waals surface area (Å²) in [6, 6.07) is 18.9. The van der Waals surface area contributed by atoms with Crippen molar-refractivity contribution in [3.63, 3.8) is 0 Å². The van der Waals surface area contributed by atoms with E-state index in [1.807, 2.05) is 48.5 Å². The zero-order valence-electron chi connectivity index (χ0n) is 13.4. The summed E-state index contributed by atoms with van der Waals surface area (Å²) in [5.74, 6) is 0.485. The van der Waals surface area contributed by atoms with Crippen LogP contribution < -0.4 is 4.90 Å². The third kappa shape index (κ3) is 3.10. The monoisotopic (exact) mass is 329 g/mol. The summed E-state index contributed by atoms with van der Waals surface area (Å²) in [5.41, 5.74) is 2.28. The van der Waals surface area contributed by atoms with E-state index in [2.05, 4.69) is 15.2 Å². The van der Waals surface area contributed by atoms with Crippen LogP contribution >= 0.6 is 0 Å². The van der Waals surface area contributed by atoms with Crippen LogP contribution in [-0.2, 0) is 6.54 Å². The van der Waals surface area contributed by atoms with Gasteiger partial charge in [0.05, 0.1) is 12.1 Å². The van der Waals surface area contributed by atoms with Gasteiger partial charge in [-0.1, -0.05) is 36.4 Å². The lowest BCUT2D eigenvalue weighted by atomic mass is 10.2. The number of fused-ring (bicyclic) bond motifs is 1. The van der Waals surface area contributed by atoms with Gasteiger partial charge >= 0.3 is 0 Å². The van der Waals surface area contributed by atoms with Gasteiger partial charge in [0.15, 0.2) is 5.65 Å². The summed E-state index contributed by atoms with van der Waals surface area (Å²) < 4.78 is 1.73. The molecule has 0 aliphatic carbocycles. The minimum atomic E-state index is -0.127. The minimum Gasteiger partial charge on any atom is -0.288 e. The fourth-order valence-corrected chi connectivity index (χ4v) is 2.65. The highest BCUT2D eigenvalue weighted by Gasteiger charge is 2.19. The number of aromatic nitrogens is 4. The zero-order valence-corrected chi connectivity index (χ0v) is 13.4. The number of pyridine rings is 2. The number of benzene rings is 1. The molecule has 0 aliphatic rings. The Morgan fingerprint density at radius 1 is 1.00 bits per heavy atom. The second-order valence-electron chi connectivity index (χ2n) is 5.58. The van der Waals surface area contributed by atoms with Crippen LogP contribution in [0.5, 0.6) is 0 Å². The fraction of sp³-hybridized carbons (Fsp3) is 0.0526. The molecule has 0 saturated heterocycles. The van der Waals surface area contributed by atoms with Crippen molar-refractivity contribution in [1.29, 1.82) is 0 Å². The average Bonchev–Trinajstić information content (AvgIpc) is 3.15. The Balaban J connectivity index is 1.72. The Kier molecular flexibility index (Phi) is 3.92. The highest BCUT2D eigenvalue weighted by atomic mass is 16.2. The molecule has 0 N–H and O–H groups in total. The lowest BCUT2D eigenvalue weighted by Crippen LogP contribution is -2.31. The maximum absolute atomic E-state index is 13.1. The molecule has 0 spiro atoms. The first-order valence-corrected chi connectivity index (χ1v) is 7.87. The number of carbonyl (C=O) groups is 1. The molecule has 0 saturated carbocycles. The van der Waals surface area contributed by atoms with E-state index in [1.54, 1.807) is 40.2 Å². The molecule has 6 heteroatoms. The van der Waals surface area contributed by atoms with Crippen LogP contribution in [0, 0.1) is 0 Å². The van der Waals surface area contributed by atoms with Crippen LogP contribution in [0.2, 0.25) is 0 Å². The van der Waals surface area contributed by atoms with Crippen molar-refractivity contribution >= 4 is 17.4 Å². The molecule has 0 radical (unpaired) electrons. The van der Waals surface area contributed by atoms with Gasteiger partial charge in [0, 0.05) is 12.4 Å². The number of rotatable bonds is 4. The molecule has 1 aromatic carbocycles. The van der Waals surface area contributed by atoms with E-state index in [0.717, 1.165) is 5.56 Å². The van der Waals surface area contributed by atoms with Gasteiger partial charge in [-0.3, -0.25) is 14.1 Å². The van der Waals surface area contributed by atoms with E-state index in [1.165, 1.54) is 0 Å².